The molecule has 3 fully saturated rings. The van der Waals surface area contributed by atoms with Crippen molar-refractivity contribution < 1.29 is 19.2 Å². The van der Waals surface area contributed by atoms with Crippen molar-refractivity contribution in [3.05, 3.63) is 11.6 Å². The lowest BCUT2D eigenvalue weighted by atomic mass is 9.85. The number of nitrogens with zero attached hydrogens (tertiary/aromatic N) is 3. The predicted octanol–water partition coefficient (Wildman–Crippen LogP) is 4.51. The zero-order valence-electron chi connectivity index (χ0n) is 28.1. The zero-order chi connectivity index (χ0) is 31.9. The first-order chi connectivity index (χ1) is 19.8. The Morgan fingerprint density at radius 1 is 0.952 bits per heavy atom. The van der Waals surface area contributed by atoms with Crippen molar-refractivity contribution in [1.29, 1.82) is 0 Å². The van der Waals surface area contributed by atoms with Crippen molar-refractivity contribution in [2.45, 2.75) is 137 Å². The maximum absolute atomic E-state index is 13.3. The van der Waals surface area contributed by atoms with Gasteiger partial charge in [0.15, 0.2) is 0 Å². The molecule has 0 bridgehead atoms. The van der Waals surface area contributed by atoms with E-state index in [-0.39, 0.29) is 23.8 Å². The Bertz CT molecular complexity index is 872. The summed E-state index contributed by atoms with van der Waals surface area (Å²) in [5, 5.41) is 5.78. The van der Waals surface area contributed by atoms with E-state index in [0.717, 1.165) is 58.1 Å². The Morgan fingerprint density at radius 3 is 1.98 bits per heavy atom. The molecule has 0 aromatic heterocycles. The molecular formula is C33H61N5O4. The SMILES string of the molecule is C/C(=C\CN(C)C(=O)C(NC(=O)C1CCCCN1C(C)C)C(C)(C)C)C(=O)N1CCCC1.CCC.O=CNC1CCC1. The maximum atomic E-state index is 13.3. The molecule has 9 heteroatoms. The first-order valence-corrected chi connectivity index (χ1v) is 16.2. The molecule has 0 aromatic rings. The summed E-state index contributed by atoms with van der Waals surface area (Å²) in [5.41, 5.74) is 0.236. The quantitative estimate of drug-likeness (QED) is 0.304. The van der Waals surface area contributed by atoms with E-state index in [4.69, 9.17) is 0 Å². The Hall–Kier alpha value is -2.42. The van der Waals surface area contributed by atoms with Gasteiger partial charge in [-0.2, -0.15) is 0 Å². The Balaban J connectivity index is 0.000000746. The standard InChI is InChI=1S/C25H44N4O3.C5H9NO.C3H8/c1-18(2)29-16-9-8-12-20(29)22(30)26-21(25(4,5)6)24(32)27(7)17-13-19(3)23(31)28-14-10-11-15-28;7-4-6-5-2-1-3-5;1-3-2/h13,18,20-21H,8-12,14-17H2,1-7H3,(H,26,30);4-5H,1-3H2,(H,6,7);3H2,1-2H3/b19-13+;;. The molecule has 2 aliphatic heterocycles. The van der Waals surface area contributed by atoms with Gasteiger partial charge in [0.2, 0.25) is 24.1 Å². The lowest BCUT2D eigenvalue weighted by molar-refractivity contribution is -0.140. The van der Waals surface area contributed by atoms with Crippen molar-refractivity contribution >= 4 is 24.1 Å². The highest BCUT2D eigenvalue weighted by Gasteiger charge is 2.38. The molecule has 2 atom stereocenters. The summed E-state index contributed by atoms with van der Waals surface area (Å²) in [6.07, 6.45) is 12.6. The van der Waals surface area contributed by atoms with Crippen LogP contribution in [0, 0.1) is 5.41 Å². The number of carbonyl (C=O) groups is 4. The normalized spacial score (nSPS) is 20.3. The number of amides is 4. The van der Waals surface area contributed by atoms with E-state index in [2.05, 4.69) is 43.2 Å². The highest BCUT2D eigenvalue weighted by Crippen LogP contribution is 2.24. The van der Waals surface area contributed by atoms with Crippen LogP contribution in [-0.2, 0) is 19.2 Å². The molecule has 0 radical (unpaired) electrons. The van der Waals surface area contributed by atoms with Gasteiger partial charge in [-0.25, -0.2) is 0 Å². The zero-order valence-corrected chi connectivity index (χ0v) is 28.1. The smallest absolute Gasteiger partial charge is 0.249 e. The molecule has 0 aromatic carbocycles. The van der Waals surface area contributed by atoms with Gasteiger partial charge in [-0.1, -0.05) is 53.5 Å². The molecule has 3 aliphatic rings. The fourth-order valence-electron chi connectivity index (χ4n) is 5.25. The van der Waals surface area contributed by atoms with Crippen LogP contribution in [0.4, 0.5) is 0 Å². The van der Waals surface area contributed by atoms with Gasteiger partial charge in [0, 0.05) is 44.3 Å². The van der Waals surface area contributed by atoms with Crippen LogP contribution >= 0.6 is 0 Å². The number of carbonyl (C=O) groups excluding carboxylic acids is 4. The van der Waals surface area contributed by atoms with Gasteiger partial charge in [0.1, 0.15) is 6.04 Å². The number of likely N-dealkylation sites (N-methyl/N-ethyl adjacent to an activating group) is 1. The summed E-state index contributed by atoms with van der Waals surface area (Å²) in [5.74, 6) is -0.137. The second kappa shape index (κ2) is 19.0. The van der Waals surface area contributed by atoms with Crippen molar-refractivity contribution in [3.63, 3.8) is 0 Å². The largest absolute Gasteiger partial charge is 0.356 e. The van der Waals surface area contributed by atoms with Crippen LogP contribution in [0.5, 0.6) is 0 Å². The minimum absolute atomic E-state index is 0.0510. The summed E-state index contributed by atoms with van der Waals surface area (Å²) < 4.78 is 0. The summed E-state index contributed by atoms with van der Waals surface area (Å²) in [7, 11) is 1.73. The average Bonchev–Trinajstić information content (AvgIpc) is 3.46. The Kier molecular flexibility index (Phi) is 17.0. The number of rotatable bonds is 9. The van der Waals surface area contributed by atoms with E-state index in [1.807, 2.05) is 38.7 Å². The molecular weight excluding hydrogens is 530 g/mol. The fourth-order valence-corrected chi connectivity index (χ4v) is 5.25. The minimum atomic E-state index is -0.626. The van der Waals surface area contributed by atoms with Crippen molar-refractivity contribution in [1.82, 2.24) is 25.3 Å². The summed E-state index contributed by atoms with van der Waals surface area (Å²) in [6.45, 7) is 19.1. The minimum Gasteiger partial charge on any atom is -0.356 e. The molecule has 1 saturated carbocycles. The summed E-state index contributed by atoms with van der Waals surface area (Å²) >= 11 is 0. The predicted molar refractivity (Wildman–Crippen MR) is 171 cm³/mol. The third-order valence-corrected chi connectivity index (χ3v) is 8.10. The van der Waals surface area contributed by atoms with E-state index in [1.165, 1.54) is 25.7 Å². The summed E-state index contributed by atoms with van der Waals surface area (Å²) in [6, 6.07) is -0.0119. The number of hydrogen-bond acceptors (Lipinski definition) is 5. The number of hydrogen-bond donors (Lipinski definition) is 2. The van der Waals surface area contributed by atoms with E-state index in [9.17, 15) is 19.2 Å². The number of nitrogens with one attached hydrogen (secondary N) is 2. The molecule has 3 rings (SSSR count). The first-order valence-electron chi connectivity index (χ1n) is 16.2. The second-order valence-corrected chi connectivity index (χ2v) is 13.4. The molecule has 2 heterocycles. The second-order valence-electron chi connectivity index (χ2n) is 13.4. The van der Waals surface area contributed by atoms with Crippen LogP contribution in [0.3, 0.4) is 0 Å². The average molecular weight is 592 g/mol. The van der Waals surface area contributed by atoms with Gasteiger partial charge >= 0.3 is 0 Å². The highest BCUT2D eigenvalue weighted by atomic mass is 16.2. The third kappa shape index (κ3) is 12.4. The van der Waals surface area contributed by atoms with Gasteiger partial charge < -0.3 is 20.4 Å². The van der Waals surface area contributed by atoms with Gasteiger partial charge in [-0.15, -0.1) is 0 Å². The van der Waals surface area contributed by atoms with E-state index >= 15 is 0 Å². The highest BCUT2D eigenvalue weighted by molar-refractivity contribution is 5.93. The van der Waals surface area contributed by atoms with Crippen molar-refractivity contribution in [2.24, 2.45) is 5.41 Å². The molecule has 1 aliphatic carbocycles. The van der Waals surface area contributed by atoms with E-state index < -0.39 is 11.5 Å². The topological polar surface area (TPSA) is 102 Å². The van der Waals surface area contributed by atoms with E-state index in [0.29, 0.717) is 24.2 Å². The van der Waals surface area contributed by atoms with Crippen LogP contribution in [0.15, 0.2) is 11.6 Å². The molecule has 4 amide bonds. The van der Waals surface area contributed by atoms with Crippen molar-refractivity contribution in [2.75, 3.05) is 33.2 Å². The van der Waals surface area contributed by atoms with E-state index in [1.54, 1.807) is 11.9 Å². The molecule has 2 unspecified atom stereocenters. The molecule has 42 heavy (non-hydrogen) atoms. The summed E-state index contributed by atoms with van der Waals surface area (Å²) in [4.78, 5) is 54.5. The number of likely N-dealkylation sites (tertiary alicyclic amines) is 2. The molecule has 242 valence electrons. The Morgan fingerprint density at radius 2 is 1.52 bits per heavy atom. The molecule has 0 spiro atoms. The molecule has 9 nitrogen and oxygen atoms in total. The van der Waals surface area contributed by atoms with Crippen LogP contribution in [0.25, 0.3) is 0 Å². The van der Waals surface area contributed by atoms with Gasteiger partial charge in [-0.05, 0) is 77.7 Å². The monoisotopic (exact) mass is 591 g/mol. The molecule has 2 N–H and O–H groups in total. The van der Waals surface area contributed by atoms with Gasteiger partial charge in [0.05, 0.1) is 6.04 Å². The molecule has 2 saturated heterocycles. The lowest BCUT2D eigenvalue weighted by Crippen LogP contribution is -2.59. The maximum Gasteiger partial charge on any atom is 0.249 e. The van der Waals surface area contributed by atoms with Crippen LogP contribution in [-0.4, -0.2) is 96.2 Å². The van der Waals surface area contributed by atoms with Gasteiger partial charge in [-0.3, -0.25) is 24.1 Å². The first kappa shape index (κ1) is 37.6. The number of piperidine rings is 1. The van der Waals surface area contributed by atoms with Crippen LogP contribution < -0.4 is 10.6 Å². The lowest BCUT2D eigenvalue weighted by Gasteiger charge is -2.40. The van der Waals surface area contributed by atoms with Crippen molar-refractivity contribution in [3.8, 4) is 0 Å². The Labute approximate surface area is 256 Å². The fraction of sp³-hybridized carbons (Fsp3) is 0.818. The van der Waals surface area contributed by atoms with Gasteiger partial charge in [0.25, 0.3) is 0 Å². The van der Waals surface area contributed by atoms with Crippen LogP contribution in [0.1, 0.15) is 113 Å². The third-order valence-electron chi connectivity index (χ3n) is 8.10. The van der Waals surface area contributed by atoms with Crippen LogP contribution in [0.2, 0.25) is 0 Å².